The summed E-state index contributed by atoms with van der Waals surface area (Å²) in [6, 6.07) is 3.75. The summed E-state index contributed by atoms with van der Waals surface area (Å²) in [6.07, 6.45) is 3.06. The fraction of sp³-hybridized carbons (Fsp3) is 0.364. The van der Waals surface area contributed by atoms with E-state index >= 15 is 0 Å². The number of rotatable bonds is 7. The van der Waals surface area contributed by atoms with Crippen molar-refractivity contribution in [2.75, 3.05) is 13.2 Å². The summed E-state index contributed by atoms with van der Waals surface area (Å²) < 4.78 is 5.18. The molecule has 0 atom stereocenters. The number of Topliss-reactive ketones (excluding diaryl/α,β-unsaturated/α-hetero) is 1. The third-order valence-electron chi connectivity index (χ3n) is 1.72. The van der Waals surface area contributed by atoms with Gasteiger partial charge in [0.25, 0.3) is 0 Å². The Balaban J connectivity index is 2.13. The zero-order valence-electron chi connectivity index (χ0n) is 8.07. The van der Waals surface area contributed by atoms with Crippen LogP contribution in [0.3, 0.4) is 0 Å². The van der Waals surface area contributed by atoms with Crippen molar-refractivity contribution in [3.8, 4) is 0 Å². The molecule has 0 N–H and O–H groups in total. The highest BCUT2D eigenvalue weighted by Crippen LogP contribution is 2.12. The summed E-state index contributed by atoms with van der Waals surface area (Å²) in [7, 11) is 0. The highest BCUT2D eigenvalue weighted by Gasteiger charge is 2.05. The van der Waals surface area contributed by atoms with Crippen molar-refractivity contribution in [2.24, 2.45) is 0 Å². The van der Waals surface area contributed by atoms with Crippen molar-refractivity contribution in [1.82, 2.24) is 0 Å². The predicted molar refractivity (Wildman–Crippen MR) is 58.9 cm³/mol. The lowest BCUT2D eigenvalue weighted by Gasteiger charge is -1.99. The summed E-state index contributed by atoms with van der Waals surface area (Å²) in [5.74, 6) is 0.210. The smallest absolute Gasteiger partial charge is 0.172 e. The topological polar surface area (TPSA) is 26.3 Å². The van der Waals surface area contributed by atoms with Crippen molar-refractivity contribution in [3.05, 3.63) is 35.0 Å². The summed E-state index contributed by atoms with van der Waals surface area (Å²) in [5, 5.41) is 1.92. The molecule has 0 saturated carbocycles. The second-order valence-electron chi connectivity index (χ2n) is 2.87. The third kappa shape index (κ3) is 3.85. The molecule has 0 aliphatic rings. The van der Waals surface area contributed by atoms with E-state index in [1.54, 1.807) is 6.08 Å². The molecule has 0 saturated heterocycles. The maximum absolute atomic E-state index is 11.5. The lowest BCUT2D eigenvalue weighted by Crippen LogP contribution is -2.00. The largest absolute Gasteiger partial charge is 0.377 e. The lowest BCUT2D eigenvalue weighted by atomic mass is 10.2. The fourth-order valence-corrected chi connectivity index (χ4v) is 1.76. The number of ether oxygens (including phenoxy) is 1. The molecule has 2 nitrogen and oxygen atoms in total. The van der Waals surface area contributed by atoms with Gasteiger partial charge in [0.05, 0.1) is 11.5 Å². The van der Waals surface area contributed by atoms with E-state index in [1.807, 2.05) is 17.5 Å². The van der Waals surface area contributed by atoms with E-state index in [-0.39, 0.29) is 5.78 Å². The van der Waals surface area contributed by atoms with Gasteiger partial charge in [-0.25, -0.2) is 0 Å². The second-order valence-corrected chi connectivity index (χ2v) is 3.82. The maximum atomic E-state index is 11.5. The van der Waals surface area contributed by atoms with Crippen molar-refractivity contribution in [2.45, 2.75) is 12.8 Å². The summed E-state index contributed by atoms with van der Waals surface area (Å²) in [6.45, 7) is 4.73. The molecule has 0 amide bonds. The number of hydrogen-bond acceptors (Lipinski definition) is 3. The lowest BCUT2D eigenvalue weighted by molar-refractivity contribution is 0.0958. The molecule has 0 aliphatic heterocycles. The van der Waals surface area contributed by atoms with Gasteiger partial charge in [-0.2, -0.15) is 0 Å². The van der Waals surface area contributed by atoms with E-state index in [9.17, 15) is 4.79 Å². The van der Waals surface area contributed by atoms with Gasteiger partial charge in [-0.1, -0.05) is 12.1 Å². The summed E-state index contributed by atoms with van der Waals surface area (Å²) in [4.78, 5) is 12.3. The highest BCUT2D eigenvalue weighted by molar-refractivity contribution is 7.12. The van der Waals surface area contributed by atoms with E-state index in [0.717, 1.165) is 11.3 Å². The molecule has 1 aromatic rings. The molecule has 76 valence electrons. The molecule has 3 heteroatoms. The number of carbonyl (C=O) groups excluding carboxylic acids is 1. The van der Waals surface area contributed by atoms with Crippen LogP contribution in [0.25, 0.3) is 0 Å². The average Bonchev–Trinajstić information content (AvgIpc) is 2.70. The minimum atomic E-state index is 0.210. The van der Waals surface area contributed by atoms with Crippen LogP contribution in [0.15, 0.2) is 30.2 Å². The number of hydrogen-bond donors (Lipinski definition) is 0. The first-order valence-corrected chi connectivity index (χ1v) is 5.48. The van der Waals surface area contributed by atoms with Gasteiger partial charge in [0, 0.05) is 13.0 Å². The van der Waals surface area contributed by atoms with Gasteiger partial charge in [0.15, 0.2) is 5.78 Å². The van der Waals surface area contributed by atoms with E-state index in [2.05, 4.69) is 6.58 Å². The van der Waals surface area contributed by atoms with E-state index < -0.39 is 0 Å². The zero-order chi connectivity index (χ0) is 10.2. The van der Waals surface area contributed by atoms with Crippen LogP contribution in [0, 0.1) is 0 Å². The molecule has 0 aromatic carbocycles. The molecule has 0 radical (unpaired) electrons. The molecule has 1 rings (SSSR count). The SMILES string of the molecule is C=CCOCCCC(=O)c1cccs1. The number of thiophene rings is 1. The van der Waals surface area contributed by atoms with Crippen molar-refractivity contribution < 1.29 is 9.53 Å². The van der Waals surface area contributed by atoms with E-state index in [1.165, 1.54) is 11.3 Å². The van der Waals surface area contributed by atoms with Crippen LogP contribution in [0.2, 0.25) is 0 Å². The van der Waals surface area contributed by atoms with Crippen LogP contribution in [-0.2, 0) is 4.74 Å². The fourth-order valence-electron chi connectivity index (χ4n) is 1.06. The second kappa shape index (κ2) is 6.51. The molecule has 0 fully saturated rings. The monoisotopic (exact) mass is 210 g/mol. The standard InChI is InChI=1S/C11H14O2S/c1-2-7-13-8-3-5-10(12)11-6-4-9-14-11/h2,4,6,9H,1,3,5,7-8H2. The Labute approximate surface area is 88.2 Å². The molecule has 1 heterocycles. The Morgan fingerprint density at radius 3 is 3.14 bits per heavy atom. The zero-order valence-corrected chi connectivity index (χ0v) is 8.89. The van der Waals surface area contributed by atoms with Gasteiger partial charge in [-0.3, -0.25) is 4.79 Å². The average molecular weight is 210 g/mol. The summed E-state index contributed by atoms with van der Waals surface area (Å²) in [5.41, 5.74) is 0. The Bertz CT molecular complexity index is 277. The molecule has 0 unspecified atom stereocenters. The first kappa shape index (κ1) is 11.1. The number of ketones is 1. The third-order valence-corrected chi connectivity index (χ3v) is 2.64. The summed E-state index contributed by atoms with van der Waals surface area (Å²) >= 11 is 1.49. The molecule has 0 spiro atoms. The first-order chi connectivity index (χ1) is 6.84. The van der Waals surface area contributed by atoms with Crippen LogP contribution in [0.5, 0.6) is 0 Å². The van der Waals surface area contributed by atoms with Gasteiger partial charge in [0.1, 0.15) is 0 Å². The van der Waals surface area contributed by atoms with Gasteiger partial charge >= 0.3 is 0 Å². The van der Waals surface area contributed by atoms with Crippen LogP contribution in [0.4, 0.5) is 0 Å². The van der Waals surface area contributed by atoms with Crippen LogP contribution >= 0.6 is 11.3 Å². The molecular weight excluding hydrogens is 196 g/mol. The number of carbonyl (C=O) groups is 1. The Morgan fingerprint density at radius 1 is 1.64 bits per heavy atom. The highest BCUT2D eigenvalue weighted by atomic mass is 32.1. The molecule has 0 bridgehead atoms. The Morgan fingerprint density at radius 2 is 2.50 bits per heavy atom. The normalized spacial score (nSPS) is 10.0. The van der Waals surface area contributed by atoms with Crippen LogP contribution in [0.1, 0.15) is 22.5 Å². The van der Waals surface area contributed by atoms with Crippen molar-refractivity contribution in [3.63, 3.8) is 0 Å². The van der Waals surface area contributed by atoms with Gasteiger partial charge in [0.2, 0.25) is 0 Å². The molecule has 1 aromatic heterocycles. The van der Waals surface area contributed by atoms with Crippen LogP contribution < -0.4 is 0 Å². The Hall–Kier alpha value is -0.930. The van der Waals surface area contributed by atoms with E-state index in [4.69, 9.17) is 4.74 Å². The Kier molecular flexibility index (Phi) is 5.19. The van der Waals surface area contributed by atoms with Gasteiger partial charge < -0.3 is 4.74 Å². The van der Waals surface area contributed by atoms with E-state index in [0.29, 0.717) is 19.6 Å². The minimum absolute atomic E-state index is 0.210. The molecule has 14 heavy (non-hydrogen) atoms. The predicted octanol–water partition coefficient (Wildman–Crippen LogP) is 2.91. The molecule has 0 aliphatic carbocycles. The maximum Gasteiger partial charge on any atom is 0.172 e. The van der Waals surface area contributed by atoms with Gasteiger partial charge in [-0.15, -0.1) is 17.9 Å². The molecular formula is C11H14O2S. The van der Waals surface area contributed by atoms with Crippen molar-refractivity contribution in [1.29, 1.82) is 0 Å². The first-order valence-electron chi connectivity index (χ1n) is 4.60. The minimum Gasteiger partial charge on any atom is -0.377 e. The van der Waals surface area contributed by atoms with Gasteiger partial charge in [-0.05, 0) is 17.9 Å². The quantitative estimate of drug-likeness (QED) is 0.393. The van der Waals surface area contributed by atoms with Crippen LogP contribution in [-0.4, -0.2) is 19.0 Å². The van der Waals surface area contributed by atoms with Crippen molar-refractivity contribution >= 4 is 17.1 Å².